The lowest BCUT2D eigenvalue weighted by Gasteiger charge is -2.21. The highest BCUT2D eigenvalue weighted by Crippen LogP contribution is 2.22. The number of rotatable bonds is 5. The summed E-state index contributed by atoms with van der Waals surface area (Å²) in [5.74, 6) is 0.678. The Morgan fingerprint density at radius 3 is 2.73 bits per heavy atom. The molecule has 0 radical (unpaired) electrons. The van der Waals surface area contributed by atoms with Gasteiger partial charge in [0, 0.05) is 24.8 Å². The van der Waals surface area contributed by atoms with Crippen LogP contribution in [0.1, 0.15) is 48.0 Å². The molecule has 1 aliphatic carbocycles. The number of aromatic nitrogens is 3. The summed E-state index contributed by atoms with van der Waals surface area (Å²) >= 11 is 0. The number of nitrogens with one attached hydrogen (secondary N) is 1. The average Bonchev–Trinajstić information content (AvgIpc) is 3.10. The first kappa shape index (κ1) is 16.8. The van der Waals surface area contributed by atoms with Crippen molar-refractivity contribution in [2.75, 3.05) is 6.54 Å². The van der Waals surface area contributed by atoms with Crippen LogP contribution in [0.4, 0.5) is 0 Å². The number of hydrogen-bond acceptors (Lipinski definition) is 3. The Balaban J connectivity index is 1.37. The second kappa shape index (κ2) is 7.68. The second-order valence-electron chi connectivity index (χ2n) is 7.15. The van der Waals surface area contributed by atoms with E-state index in [0.717, 1.165) is 35.2 Å². The molecule has 5 heteroatoms. The maximum Gasteiger partial charge on any atom is 0.251 e. The number of carbonyl (C=O) groups excluding carboxylic acids is 1. The molecule has 1 aliphatic rings. The molecular formula is C21H24N4O. The van der Waals surface area contributed by atoms with Crippen LogP contribution in [-0.4, -0.2) is 27.0 Å². The van der Waals surface area contributed by atoms with E-state index in [0.29, 0.717) is 5.92 Å². The maximum absolute atomic E-state index is 12.4. The van der Waals surface area contributed by atoms with Crippen molar-refractivity contribution < 1.29 is 4.79 Å². The van der Waals surface area contributed by atoms with Crippen LogP contribution in [0, 0.1) is 5.92 Å². The third-order valence-electron chi connectivity index (χ3n) is 5.27. The Morgan fingerprint density at radius 1 is 1.12 bits per heavy atom. The second-order valence-corrected chi connectivity index (χ2v) is 7.15. The molecule has 5 nitrogen and oxygen atoms in total. The predicted octanol–water partition coefficient (Wildman–Crippen LogP) is 3.79. The number of amides is 1. The van der Waals surface area contributed by atoms with Gasteiger partial charge in [-0.1, -0.05) is 31.4 Å². The quantitative estimate of drug-likeness (QED) is 0.763. The molecule has 0 spiro atoms. The molecule has 3 aromatic rings. The Hall–Kier alpha value is -2.69. The molecule has 1 saturated carbocycles. The van der Waals surface area contributed by atoms with E-state index >= 15 is 0 Å². The van der Waals surface area contributed by atoms with E-state index in [1.54, 1.807) is 12.4 Å². The summed E-state index contributed by atoms with van der Waals surface area (Å²) in [6, 6.07) is 9.82. The van der Waals surface area contributed by atoms with Crippen molar-refractivity contribution in [3.63, 3.8) is 0 Å². The standard InChI is InChI=1S/C21H24N4O/c26-21(23-12-16-4-2-1-3-5-16)18-8-6-17(7-9-18)14-25-15-24-19-13-22-11-10-20(19)25/h6-11,13,15-16H,1-5,12,14H2,(H,23,26). The molecule has 4 rings (SSSR count). The van der Waals surface area contributed by atoms with Gasteiger partial charge in [-0.15, -0.1) is 0 Å². The van der Waals surface area contributed by atoms with Crippen LogP contribution in [0.25, 0.3) is 11.0 Å². The average molecular weight is 348 g/mol. The maximum atomic E-state index is 12.4. The minimum Gasteiger partial charge on any atom is -0.352 e. The van der Waals surface area contributed by atoms with E-state index in [2.05, 4.69) is 19.9 Å². The summed E-state index contributed by atoms with van der Waals surface area (Å²) in [4.78, 5) is 20.8. The predicted molar refractivity (Wildman–Crippen MR) is 102 cm³/mol. The lowest BCUT2D eigenvalue weighted by molar-refractivity contribution is 0.0943. The van der Waals surface area contributed by atoms with Crippen molar-refractivity contribution >= 4 is 16.9 Å². The largest absolute Gasteiger partial charge is 0.352 e. The SMILES string of the molecule is O=C(NCC1CCCCC1)c1ccc(Cn2cnc3cnccc32)cc1. The number of fused-ring (bicyclic) bond motifs is 1. The minimum atomic E-state index is 0.0290. The number of benzene rings is 1. The third-order valence-corrected chi connectivity index (χ3v) is 5.27. The van der Waals surface area contributed by atoms with Gasteiger partial charge in [0.2, 0.25) is 0 Å². The van der Waals surface area contributed by atoms with E-state index in [1.807, 2.05) is 36.7 Å². The molecule has 134 valence electrons. The van der Waals surface area contributed by atoms with Gasteiger partial charge in [-0.25, -0.2) is 4.98 Å². The van der Waals surface area contributed by atoms with Gasteiger partial charge in [0.15, 0.2) is 0 Å². The van der Waals surface area contributed by atoms with Crippen LogP contribution in [-0.2, 0) is 6.54 Å². The lowest BCUT2D eigenvalue weighted by atomic mass is 9.89. The molecule has 26 heavy (non-hydrogen) atoms. The first-order valence-electron chi connectivity index (χ1n) is 9.41. The number of nitrogens with zero attached hydrogens (tertiary/aromatic N) is 3. The van der Waals surface area contributed by atoms with Crippen LogP contribution in [0.3, 0.4) is 0 Å². The lowest BCUT2D eigenvalue weighted by Crippen LogP contribution is -2.30. The summed E-state index contributed by atoms with van der Waals surface area (Å²) in [5.41, 5.74) is 3.83. The van der Waals surface area contributed by atoms with Gasteiger partial charge in [0.25, 0.3) is 5.91 Å². The van der Waals surface area contributed by atoms with Crippen molar-refractivity contribution in [2.24, 2.45) is 5.92 Å². The summed E-state index contributed by atoms with van der Waals surface area (Å²) < 4.78 is 2.09. The van der Waals surface area contributed by atoms with Gasteiger partial charge < -0.3 is 9.88 Å². The topological polar surface area (TPSA) is 59.8 Å². The van der Waals surface area contributed by atoms with Crippen molar-refractivity contribution in [3.8, 4) is 0 Å². The Bertz CT molecular complexity index is 878. The monoisotopic (exact) mass is 348 g/mol. The normalized spacial score (nSPS) is 15.2. The third kappa shape index (κ3) is 3.77. The molecule has 1 amide bonds. The Morgan fingerprint density at radius 2 is 1.92 bits per heavy atom. The highest BCUT2D eigenvalue weighted by Gasteiger charge is 2.15. The number of imidazole rings is 1. The molecule has 0 atom stereocenters. The molecule has 2 aromatic heterocycles. The van der Waals surface area contributed by atoms with Crippen LogP contribution in [0.15, 0.2) is 49.1 Å². The van der Waals surface area contributed by atoms with Crippen molar-refractivity contribution in [3.05, 3.63) is 60.2 Å². The smallest absolute Gasteiger partial charge is 0.251 e. The fraction of sp³-hybridized carbons (Fsp3) is 0.381. The van der Waals surface area contributed by atoms with Gasteiger partial charge in [-0.05, 0) is 42.5 Å². The van der Waals surface area contributed by atoms with E-state index in [-0.39, 0.29) is 5.91 Å². The zero-order chi connectivity index (χ0) is 17.8. The van der Waals surface area contributed by atoms with Crippen LogP contribution < -0.4 is 5.32 Å². The van der Waals surface area contributed by atoms with Crippen molar-refractivity contribution in [2.45, 2.75) is 38.6 Å². The van der Waals surface area contributed by atoms with E-state index in [4.69, 9.17) is 0 Å². The minimum absolute atomic E-state index is 0.0290. The highest BCUT2D eigenvalue weighted by atomic mass is 16.1. The molecule has 0 saturated heterocycles. The molecule has 2 heterocycles. The van der Waals surface area contributed by atoms with Crippen LogP contribution in [0.5, 0.6) is 0 Å². The van der Waals surface area contributed by atoms with Gasteiger partial charge in [0.1, 0.15) is 5.52 Å². The first-order chi connectivity index (χ1) is 12.8. The van der Waals surface area contributed by atoms with Crippen molar-refractivity contribution in [1.82, 2.24) is 19.9 Å². The summed E-state index contributed by atoms with van der Waals surface area (Å²) in [6.07, 6.45) is 11.8. The molecule has 1 fully saturated rings. The summed E-state index contributed by atoms with van der Waals surface area (Å²) in [6.45, 7) is 1.53. The molecule has 0 unspecified atom stereocenters. The zero-order valence-electron chi connectivity index (χ0n) is 14.9. The Labute approximate surface area is 153 Å². The van der Waals surface area contributed by atoms with Crippen LogP contribution >= 0.6 is 0 Å². The molecular weight excluding hydrogens is 324 g/mol. The van der Waals surface area contributed by atoms with E-state index in [9.17, 15) is 4.79 Å². The van der Waals surface area contributed by atoms with Gasteiger partial charge >= 0.3 is 0 Å². The number of pyridine rings is 1. The van der Waals surface area contributed by atoms with Gasteiger partial charge in [-0.3, -0.25) is 9.78 Å². The molecule has 0 bridgehead atoms. The summed E-state index contributed by atoms with van der Waals surface area (Å²) in [7, 11) is 0. The molecule has 1 aromatic carbocycles. The fourth-order valence-electron chi connectivity index (χ4n) is 3.73. The number of carbonyl (C=O) groups is 1. The zero-order valence-corrected chi connectivity index (χ0v) is 14.9. The Kier molecular flexibility index (Phi) is 4.95. The number of hydrogen-bond donors (Lipinski definition) is 1. The first-order valence-corrected chi connectivity index (χ1v) is 9.41. The summed E-state index contributed by atoms with van der Waals surface area (Å²) in [5, 5.41) is 3.10. The molecule has 1 N–H and O–H groups in total. The van der Waals surface area contributed by atoms with Crippen molar-refractivity contribution in [1.29, 1.82) is 0 Å². The van der Waals surface area contributed by atoms with Gasteiger partial charge in [-0.2, -0.15) is 0 Å². The molecule has 0 aliphatic heterocycles. The van der Waals surface area contributed by atoms with E-state index < -0.39 is 0 Å². The highest BCUT2D eigenvalue weighted by molar-refractivity contribution is 5.94. The fourth-order valence-corrected chi connectivity index (χ4v) is 3.73. The van der Waals surface area contributed by atoms with E-state index in [1.165, 1.54) is 32.1 Å². The van der Waals surface area contributed by atoms with Crippen LogP contribution in [0.2, 0.25) is 0 Å². The van der Waals surface area contributed by atoms with Gasteiger partial charge in [0.05, 0.1) is 18.0 Å².